The van der Waals surface area contributed by atoms with Crippen LogP contribution in [0.25, 0.3) is 0 Å². The van der Waals surface area contributed by atoms with E-state index in [4.69, 9.17) is 39.9 Å². The van der Waals surface area contributed by atoms with Crippen molar-refractivity contribution in [2.75, 3.05) is 5.32 Å². The first-order valence-electron chi connectivity index (χ1n) is 5.53. The first-order valence-corrected chi connectivity index (χ1v) is 6.67. The summed E-state index contributed by atoms with van der Waals surface area (Å²) in [4.78, 5) is 26.7. The maximum Gasteiger partial charge on any atom is 0.335 e. The number of hydrogen-bond acceptors (Lipinski definition) is 3. The van der Waals surface area contributed by atoms with Crippen molar-refractivity contribution >= 4 is 52.4 Å². The van der Waals surface area contributed by atoms with Crippen LogP contribution in [-0.2, 0) is 0 Å². The van der Waals surface area contributed by atoms with Gasteiger partial charge in [0.1, 0.15) is 5.15 Å². The molecular weight excluding hydrogens is 339 g/mol. The Hall–Kier alpha value is -1.82. The predicted molar refractivity (Wildman–Crippen MR) is 80.6 cm³/mol. The number of carbonyl (C=O) groups is 2. The van der Waals surface area contributed by atoms with E-state index in [2.05, 4.69) is 10.3 Å². The van der Waals surface area contributed by atoms with Crippen molar-refractivity contribution in [1.29, 1.82) is 0 Å². The van der Waals surface area contributed by atoms with Crippen LogP contribution in [0, 0.1) is 0 Å². The van der Waals surface area contributed by atoms with Gasteiger partial charge in [0.2, 0.25) is 0 Å². The zero-order valence-electron chi connectivity index (χ0n) is 10.2. The molecule has 0 bridgehead atoms. The number of aromatic nitrogens is 1. The van der Waals surface area contributed by atoms with Crippen LogP contribution in [0.2, 0.25) is 15.2 Å². The van der Waals surface area contributed by atoms with Gasteiger partial charge in [0.25, 0.3) is 5.91 Å². The van der Waals surface area contributed by atoms with Crippen molar-refractivity contribution in [3.63, 3.8) is 0 Å². The summed E-state index contributed by atoms with van der Waals surface area (Å²) >= 11 is 17.4. The van der Waals surface area contributed by atoms with Gasteiger partial charge < -0.3 is 10.4 Å². The van der Waals surface area contributed by atoms with Gasteiger partial charge in [-0.1, -0.05) is 34.8 Å². The topological polar surface area (TPSA) is 79.3 Å². The monoisotopic (exact) mass is 344 g/mol. The fraction of sp³-hybridized carbons (Fsp3) is 0. The minimum atomic E-state index is -1.13. The molecule has 5 nitrogen and oxygen atoms in total. The van der Waals surface area contributed by atoms with E-state index < -0.39 is 11.9 Å². The molecule has 1 aromatic carbocycles. The number of nitrogens with zero attached hydrogens (tertiary/aromatic N) is 1. The SMILES string of the molecule is O=C(O)c1ccc(Cl)c(NC(=O)c2cnc(Cl)c(Cl)c2)c1. The summed E-state index contributed by atoms with van der Waals surface area (Å²) in [5.41, 5.74) is 0.343. The third-order valence-electron chi connectivity index (χ3n) is 2.52. The van der Waals surface area contributed by atoms with E-state index in [1.807, 2.05) is 0 Å². The number of halogens is 3. The summed E-state index contributed by atoms with van der Waals surface area (Å²) in [6.07, 6.45) is 1.25. The number of nitrogens with one attached hydrogen (secondary N) is 1. The number of rotatable bonds is 3. The molecule has 0 aliphatic heterocycles. The molecule has 21 heavy (non-hydrogen) atoms. The second-order valence-corrected chi connectivity index (χ2v) is 5.12. The van der Waals surface area contributed by atoms with Crippen LogP contribution in [0.15, 0.2) is 30.5 Å². The second-order valence-electron chi connectivity index (χ2n) is 3.95. The lowest BCUT2D eigenvalue weighted by Crippen LogP contribution is -2.13. The summed E-state index contributed by atoms with van der Waals surface area (Å²) < 4.78 is 0. The molecule has 0 radical (unpaired) electrons. The molecule has 0 aliphatic rings. The number of carboxylic acids is 1. The third kappa shape index (κ3) is 3.64. The average molecular weight is 346 g/mol. The van der Waals surface area contributed by atoms with Crippen molar-refractivity contribution in [2.45, 2.75) is 0 Å². The highest BCUT2D eigenvalue weighted by atomic mass is 35.5. The Kier molecular flexibility index (Phi) is 4.67. The maximum atomic E-state index is 12.1. The van der Waals surface area contributed by atoms with E-state index in [9.17, 15) is 9.59 Å². The van der Waals surface area contributed by atoms with Crippen LogP contribution >= 0.6 is 34.8 Å². The molecule has 8 heteroatoms. The van der Waals surface area contributed by atoms with Gasteiger partial charge in [0.15, 0.2) is 0 Å². The average Bonchev–Trinajstić information content (AvgIpc) is 2.43. The molecule has 1 heterocycles. The molecule has 2 rings (SSSR count). The van der Waals surface area contributed by atoms with E-state index >= 15 is 0 Å². The molecule has 2 N–H and O–H groups in total. The first-order chi connectivity index (χ1) is 9.88. The Labute approximate surface area is 134 Å². The number of pyridine rings is 1. The quantitative estimate of drug-likeness (QED) is 0.824. The molecule has 1 aromatic heterocycles. The standard InChI is InChI=1S/C13H7Cl3N2O3/c14-8-2-1-6(13(20)21)4-10(8)18-12(19)7-3-9(15)11(16)17-5-7/h1-5H,(H,18,19)(H,20,21). The highest BCUT2D eigenvalue weighted by Crippen LogP contribution is 2.25. The van der Waals surface area contributed by atoms with Gasteiger partial charge >= 0.3 is 5.97 Å². The van der Waals surface area contributed by atoms with Gasteiger partial charge in [-0.25, -0.2) is 9.78 Å². The molecule has 108 valence electrons. The van der Waals surface area contributed by atoms with Crippen LogP contribution in [0.1, 0.15) is 20.7 Å². The van der Waals surface area contributed by atoms with E-state index in [1.165, 1.54) is 30.5 Å². The lowest BCUT2D eigenvalue weighted by Gasteiger charge is -2.08. The predicted octanol–water partition coefficient (Wildman–Crippen LogP) is 3.99. The lowest BCUT2D eigenvalue weighted by atomic mass is 10.2. The number of amides is 1. The Balaban J connectivity index is 2.28. The summed E-state index contributed by atoms with van der Waals surface area (Å²) in [5.74, 6) is -1.66. The van der Waals surface area contributed by atoms with Crippen molar-refractivity contribution in [3.8, 4) is 0 Å². The van der Waals surface area contributed by atoms with Crippen molar-refractivity contribution in [1.82, 2.24) is 4.98 Å². The highest BCUT2D eigenvalue weighted by molar-refractivity contribution is 6.41. The Morgan fingerprint density at radius 1 is 1.05 bits per heavy atom. The summed E-state index contributed by atoms with van der Waals surface area (Å²) in [5, 5.41) is 11.8. The molecular formula is C13H7Cl3N2O3. The highest BCUT2D eigenvalue weighted by Gasteiger charge is 2.13. The molecule has 0 aliphatic carbocycles. The summed E-state index contributed by atoms with van der Waals surface area (Å²) in [6, 6.07) is 5.32. The Bertz CT molecular complexity index is 735. The van der Waals surface area contributed by atoms with E-state index in [-0.39, 0.29) is 32.0 Å². The molecule has 0 saturated carbocycles. The number of hydrogen-bond donors (Lipinski definition) is 2. The van der Waals surface area contributed by atoms with Crippen LogP contribution in [0.3, 0.4) is 0 Å². The van der Waals surface area contributed by atoms with Crippen molar-refractivity contribution < 1.29 is 14.7 Å². The molecule has 0 spiro atoms. The maximum absolute atomic E-state index is 12.1. The number of carboxylic acid groups (broad SMARTS) is 1. The fourth-order valence-corrected chi connectivity index (χ4v) is 1.93. The second kappa shape index (κ2) is 6.30. The molecule has 0 fully saturated rings. The first kappa shape index (κ1) is 15.6. The number of anilines is 1. The smallest absolute Gasteiger partial charge is 0.335 e. The summed E-state index contributed by atoms with van der Waals surface area (Å²) in [6.45, 7) is 0. The summed E-state index contributed by atoms with van der Waals surface area (Å²) in [7, 11) is 0. The molecule has 2 aromatic rings. The zero-order chi connectivity index (χ0) is 15.6. The minimum Gasteiger partial charge on any atom is -0.478 e. The van der Waals surface area contributed by atoms with Crippen molar-refractivity contribution in [2.24, 2.45) is 0 Å². The number of carbonyl (C=O) groups excluding carboxylic acids is 1. The largest absolute Gasteiger partial charge is 0.478 e. The van der Waals surface area contributed by atoms with Gasteiger partial charge in [-0.3, -0.25) is 4.79 Å². The van der Waals surface area contributed by atoms with Crippen molar-refractivity contribution in [3.05, 3.63) is 56.8 Å². The van der Waals surface area contributed by atoms with E-state index in [0.29, 0.717) is 0 Å². The van der Waals surface area contributed by atoms with E-state index in [0.717, 1.165) is 0 Å². The van der Waals surface area contributed by atoms with Gasteiger partial charge in [0.05, 0.1) is 26.9 Å². The van der Waals surface area contributed by atoms with Crippen LogP contribution < -0.4 is 5.32 Å². The van der Waals surface area contributed by atoms with E-state index in [1.54, 1.807) is 0 Å². The van der Waals surface area contributed by atoms with Crippen LogP contribution in [-0.4, -0.2) is 22.0 Å². The van der Waals surface area contributed by atoms with Crippen LogP contribution in [0.5, 0.6) is 0 Å². The lowest BCUT2D eigenvalue weighted by molar-refractivity contribution is 0.0696. The molecule has 0 saturated heterocycles. The van der Waals surface area contributed by atoms with Gasteiger partial charge in [-0.15, -0.1) is 0 Å². The third-order valence-corrected chi connectivity index (χ3v) is 3.54. The number of aromatic carboxylic acids is 1. The number of benzene rings is 1. The van der Waals surface area contributed by atoms with Gasteiger partial charge in [-0.2, -0.15) is 0 Å². The normalized spacial score (nSPS) is 10.2. The van der Waals surface area contributed by atoms with Gasteiger partial charge in [0, 0.05) is 6.20 Å². The minimum absolute atomic E-state index is 0.00182. The zero-order valence-corrected chi connectivity index (χ0v) is 12.5. The molecule has 0 unspecified atom stereocenters. The molecule has 1 amide bonds. The Morgan fingerprint density at radius 3 is 2.38 bits per heavy atom. The molecule has 0 atom stereocenters. The Morgan fingerprint density at radius 2 is 1.76 bits per heavy atom. The van der Waals surface area contributed by atoms with Gasteiger partial charge in [-0.05, 0) is 24.3 Å². The van der Waals surface area contributed by atoms with Crippen LogP contribution in [0.4, 0.5) is 5.69 Å². The fourth-order valence-electron chi connectivity index (χ4n) is 1.49.